The van der Waals surface area contributed by atoms with Gasteiger partial charge in [0.1, 0.15) is 5.75 Å². The van der Waals surface area contributed by atoms with Crippen LogP contribution in [0.4, 0.5) is 0 Å². The first-order valence-corrected chi connectivity index (χ1v) is 8.21. The molecule has 0 aliphatic carbocycles. The van der Waals surface area contributed by atoms with E-state index in [2.05, 4.69) is 49.2 Å². The average Bonchev–Trinajstić information content (AvgIpc) is 2.48. The molecule has 1 heterocycles. The molecule has 1 fully saturated rings. The van der Waals surface area contributed by atoms with Crippen LogP contribution in [-0.4, -0.2) is 38.2 Å². The number of hydrogen-bond acceptors (Lipinski definition) is 3. The van der Waals surface area contributed by atoms with Gasteiger partial charge in [-0.25, -0.2) is 0 Å². The molecule has 1 N–H and O–H groups in total. The topological polar surface area (TPSA) is 24.5 Å². The first-order chi connectivity index (χ1) is 10.1. The Morgan fingerprint density at radius 2 is 1.90 bits per heavy atom. The van der Waals surface area contributed by atoms with Crippen molar-refractivity contribution >= 4 is 0 Å². The molecule has 1 aliphatic rings. The minimum atomic E-state index is 0.541. The highest BCUT2D eigenvalue weighted by molar-refractivity contribution is 5.37. The van der Waals surface area contributed by atoms with Gasteiger partial charge < -0.3 is 10.1 Å². The van der Waals surface area contributed by atoms with Gasteiger partial charge in [-0.15, -0.1) is 0 Å². The molecular formula is C18H30N2O. The number of piperazine rings is 1. The third-order valence-corrected chi connectivity index (χ3v) is 4.41. The first-order valence-electron chi connectivity index (χ1n) is 8.21. The van der Waals surface area contributed by atoms with Gasteiger partial charge in [0.05, 0.1) is 7.11 Å². The summed E-state index contributed by atoms with van der Waals surface area (Å²) in [4.78, 5) is 2.64. The molecule has 3 heteroatoms. The van der Waals surface area contributed by atoms with Crippen LogP contribution in [0.15, 0.2) is 18.2 Å². The molecule has 1 atom stereocenters. The van der Waals surface area contributed by atoms with Crippen LogP contribution in [0.3, 0.4) is 0 Å². The SMILES string of the molecule is COc1ccc([C@@H](CCC(C)C)N2CCNCC2)cc1C. The van der Waals surface area contributed by atoms with Crippen molar-refractivity contribution in [1.82, 2.24) is 10.2 Å². The Labute approximate surface area is 129 Å². The lowest BCUT2D eigenvalue weighted by Crippen LogP contribution is -2.45. The summed E-state index contributed by atoms with van der Waals surface area (Å²) in [5.41, 5.74) is 2.68. The zero-order valence-electron chi connectivity index (χ0n) is 14.0. The standard InChI is InChI=1S/C18H30N2O/c1-14(2)5-7-17(20-11-9-19-10-12-20)16-6-8-18(21-4)15(3)13-16/h6,8,13-14,17,19H,5,7,9-12H2,1-4H3/t17-/m1/s1. The lowest BCUT2D eigenvalue weighted by Gasteiger charge is -2.36. The molecule has 1 saturated heterocycles. The number of aryl methyl sites for hydroxylation is 1. The maximum Gasteiger partial charge on any atom is 0.121 e. The molecule has 0 amide bonds. The van der Waals surface area contributed by atoms with Crippen molar-refractivity contribution in [2.75, 3.05) is 33.3 Å². The van der Waals surface area contributed by atoms with Gasteiger partial charge in [0.25, 0.3) is 0 Å². The van der Waals surface area contributed by atoms with Crippen molar-refractivity contribution < 1.29 is 4.74 Å². The number of benzene rings is 1. The Bertz CT molecular complexity index is 439. The Morgan fingerprint density at radius 3 is 2.48 bits per heavy atom. The summed E-state index contributed by atoms with van der Waals surface area (Å²) >= 11 is 0. The molecule has 1 aromatic carbocycles. The Balaban J connectivity index is 2.18. The van der Waals surface area contributed by atoms with Gasteiger partial charge in [-0.1, -0.05) is 26.0 Å². The average molecular weight is 290 g/mol. The van der Waals surface area contributed by atoms with Crippen LogP contribution >= 0.6 is 0 Å². The number of rotatable bonds is 6. The van der Waals surface area contributed by atoms with Crippen LogP contribution in [0.25, 0.3) is 0 Å². The minimum absolute atomic E-state index is 0.541. The van der Waals surface area contributed by atoms with Crippen molar-refractivity contribution in [3.05, 3.63) is 29.3 Å². The van der Waals surface area contributed by atoms with Gasteiger partial charge in [-0.2, -0.15) is 0 Å². The zero-order valence-corrected chi connectivity index (χ0v) is 14.0. The van der Waals surface area contributed by atoms with Crippen LogP contribution < -0.4 is 10.1 Å². The lowest BCUT2D eigenvalue weighted by molar-refractivity contribution is 0.159. The number of nitrogens with zero attached hydrogens (tertiary/aromatic N) is 1. The molecule has 118 valence electrons. The molecular weight excluding hydrogens is 260 g/mol. The molecule has 0 spiro atoms. The number of hydrogen-bond donors (Lipinski definition) is 1. The quantitative estimate of drug-likeness (QED) is 0.869. The molecule has 3 nitrogen and oxygen atoms in total. The number of ether oxygens (including phenoxy) is 1. The third kappa shape index (κ3) is 4.45. The number of nitrogens with one attached hydrogen (secondary N) is 1. The van der Waals surface area contributed by atoms with E-state index in [0.29, 0.717) is 6.04 Å². The Kier molecular flexibility index (Phi) is 6.07. The zero-order chi connectivity index (χ0) is 15.2. The van der Waals surface area contributed by atoms with Crippen molar-refractivity contribution in [3.8, 4) is 5.75 Å². The highest BCUT2D eigenvalue weighted by Crippen LogP contribution is 2.30. The van der Waals surface area contributed by atoms with Gasteiger partial charge >= 0.3 is 0 Å². The molecule has 2 rings (SSSR count). The predicted molar refractivity (Wildman–Crippen MR) is 89.0 cm³/mol. The molecule has 0 unspecified atom stereocenters. The monoisotopic (exact) mass is 290 g/mol. The molecule has 0 saturated carbocycles. The summed E-state index contributed by atoms with van der Waals surface area (Å²) in [5.74, 6) is 1.75. The maximum atomic E-state index is 5.40. The Morgan fingerprint density at radius 1 is 1.19 bits per heavy atom. The van der Waals surface area contributed by atoms with E-state index < -0.39 is 0 Å². The summed E-state index contributed by atoms with van der Waals surface area (Å²) in [7, 11) is 1.74. The summed E-state index contributed by atoms with van der Waals surface area (Å²) < 4.78 is 5.40. The molecule has 0 bridgehead atoms. The van der Waals surface area contributed by atoms with E-state index in [1.165, 1.54) is 24.0 Å². The molecule has 1 aromatic rings. The van der Waals surface area contributed by atoms with E-state index >= 15 is 0 Å². The highest BCUT2D eigenvalue weighted by Gasteiger charge is 2.22. The third-order valence-electron chi connectivity index (χ3n) is 4.41. The van der Waals surface area contributed by atoms with Gasteiger partial charge in [0.15, 0.2) is 0 Å². The fraction of sp³-hybridized carbons (Fsp3) is 0.667. The van der Waals surface area contributed by atoms with E-state index in [9.17, 15) is 0 Å². The fourth-order valence-electron chi connectivity index (χ4n) is 3.15. The maximum absolute atomic E-state index is 5.40. The van der Waals surface area contributed by atoms with Crippen molar-refractivity contribution in [1.29, 1.82) is 0 Å². The van der Waals surface area contributed by atoms with Gasteiger partial charge in [0, 0.05) is 32.2 Å². The Hall–Kier alpha value is -1.06. The largest absolute Gasteiger partial charge is 0.496 e. The normalized spacial score (nSPS) is 18.0. The van der Waals surface area contributed by atoms with Crippen LogP contribution in [0.1, 0.15) is 43.9 Å². The van der Waals surface area contributed by atoms with Crippen LogP contribution in [0, 0.1) is 12.8 Å². The van der Waals surface area contributed by atoms with Gasteiger partial charge in [0.2, 0.25) is 0 Å². The molecule has 0 aromatic heterocycles. The van der Waals surface area contributed by atoms with Gasteiger partial charge in [-0.05, 0) is 42.9 Å². The second kappa shape index (κ2) is 7.81. The summed E-state index contributed by atoms with van der Waals surface area (Å²) in [6.07, 6.45) is 2.52. The van der Waals surface area contributed by atoms with E-state index in [4.69, 9.17) is 4.74 Å². The van der Waals surface area contributed by atoms with Crippen molar-refractivity contribution in [3.63, 3.8) is 0 Å². The minimum Gasteiger partial charge on any atom is -0.496 e. The lowest BCUT2D eigenvalue weighted by atomic mass is 9.94. The van der Waals surface area contributed by atoms with Crippen LogP contribution in [0.2, 0.25) is 0 Å². The van der Waals surface area contributed by atoms with Crippen LogP contribution in [-0.2, 0) is 0 Å². The van der Waals surface area contributed by atoms with E-state index in [0.717, 1.165) is 37.8 Å². The fourth-order valence-corrected chi connectivity index (χ4v) is 3.15. The van der Waals surface area contributed by atoms with E-state index in [1.807, 2.05) is 0 Å². The summed E-state index contributed by atoms with van der Waals surface area (Å²) in [6, 6.07) is 7.22. The second-order valence-electron chi connectivity index (χ2n) is 6.50. The van der Waals surface area contributed by atoms with Crippen molar-refractivity contribution in [2.24, 2.45) is 5.92 Å². The van der Waals surface area contributed by atoms with Crippen LogP contribution in [0.5, 0.6) is 5.75 Å². The molecule has 0 radical (unpaired) electrons. The van der Waals surface area contributed by atoms with Crippen molar-refractivity contribution in [2.45, 2.75) is 39.7 Å². The smallest absolute Gasteiger partial charge is 0.121 e. The second-order valence-corrected chi connectivity index (χ2v) is 6.50. The van der Waals surface area contributed by atoms with E-state index in [-0.39, 0.29) is 0 Å². The molecule has 1 aliphatic heterocycles. The first kappa shape index (κ1) is 16.3. The van der Waals surface area contributed by atoms with E-state index in [1.54, 1.807) is 7.11 Å². The predicted octanol–water partition coefficient (Wildman–Crippen LogP) is 3.39. The molecule has 21 heavy (non-hydrogen) atoms. The number of methoxy groups -OCH3 is 1. The van der Waals surface area contributed by atoms with Gasteiger partial charge in [-0.3, -0.25) is 4.90 Å². The summed E-state index contributed by atoms with van der Waals surface area (Å²) in [6.45, 7) is 11.3. The highest BCUT2D eigenvalue weighted by atomic mass is 16.5. The summed E-state index contributed by atoms with van der Waals surface area (Å²) in [5, 5.41) is 3.45.